The summed E-state index contributed by atoms with van der Waals surface area (Å²) in [4.78, 5) is 21.4. The first-order chi connectivity index (χ1) is 16.4. The molecule has 0 aliphatic heterocycles. The summed E-state index contributed by atoms with van der Waals surface area (Å²) in [5.74, 6) is 1.59. The largest absolute Gasteiger partial charge is 0.493 e. The zero-order chi connectivity index (χ0) is 24.1. The number of H-pyrrole nitrogens is 1. The number of para-hydroxylation sites is 2. The molecule has 0 radical (unpaired) electrons. The number of benzene rings is 3. The van der Waals surface area contributed by atoms with E-state index in [2.05, 4.69) is 10.3 Å². The van der Waals surface area contributed by atoms with Gasteiger partial charge in [-0.2, -0.15) is 0 Å². The van der Waals surface area contributed by atoms with Gasteiger partial charge in [-0.05, 0) is 42.2 Å². The lowest BCUT2D eigenvalue weighted by atomic mass is 10.0. The number of rotatable bonds is 9. The van der Waals surface area contributed by atoms with E-state index in [-0.39, 0.29) is 11.9 Å². The van der Waals surface area contributed by atoms with E-state index < -0.39 is 0 Å². The SMILES string of the molecule is COc1cc(C(=O)NC(Cc2ccccc2)c2nc3ccccc3[nH]2)cc(Cl)c1OCC(C)C. The van der Waals surface area contributed by atoms with E-state index in [1.54, 1.807) is 12.1 Å². The molecular formula is C27H28ClN3O3. The van der Waals surface area contributed by atoms with Crippen LogP contribution in [0.5, 0.6) is 11.5 Å². The summed E-state index contributed by atoms with van der Waals surface area (Å²) in [6, 6.07) is 20.7. The normalized spacial score (nSPS) is 12.0. The van der Waals surface area contributed by atoms with Crippen molar-refractivity contribution >= 4 is 28.5 Å². The molecule has 1 heterocycles. The minimum Gasteiger partial charge on any atom is -0.493 e. The number of carbonyl (C=O) groups excluding carboxylic acids is 1. The van der Waals surface area contributed by atoms with Crippen molar-refractivity contribution in [2.24, 2.45) is 5.92 Å². The number of nitrogens with zero attached hydrogens (tertiary/aromatic N) is 1. The number of hydrogen-bond acceptors (Lipinski definition) is 4. The number of hydrogen-bond donors (Lipinski definition) is 2. The Morgan fingerprint density at radius 1 is 1.09 bits per heavy atom. The molecule has 0 spiro atoms. The van der Waals surface area contributed by atoms with Crippen molar-refractivity contribution in [2.45, 2.75) is 26.3 Å². The molecule has 1 aromatic heterocycles. The predicted octanol–water partition coefficient (Wildman–Crippen LogP) is 5.97. The van der Waals surface area contributed by atoms with E-state index in [0.717, 1.165) is 16.6 Å². The summed E-state index contributed by atoms with van der Waals surface area (Å²) in [5, 5.41) is 3.45. The van der Waals surface area contributed by atoms with Crippen LogP contribution in [-0.2, 0) is 6.42 Å². The standard InChI is InChI=1S/C27H28ClN3O3/c1-17(2)16-34-25-20(28)14-19(15-24(25)33-3)27(32)31-23(13-18-9-5-4-6-10-18)26-29-21-11-7-8-12-22(21)30-26/h4-12,14-15,17,23H,13,16H2,1-3H3,(H,29,30)(H,31,32). The van der Waals surface area contributed by atoms with E-state index in [0.29, 0.717) is 46.9 Å². The molecule has 0 aliphatic rings. The van der Waals surface area contributed by atoms with Crippen LogP contribution in [0.2, 0.25) is 5.02 Å². The molecule has 0 saturated heterocycles. The van der Waals surface area contributed by atoms with Gasteiger partial charge in [0.1, 0.15) is 5.82 Å². The number of methoxy groups -OCH3 is 1. The molecule has 0 aliphatic carbocycles. The fourth-order valence-corrected chi connectivity index (χ4v) is 3.95. The second kappa shape index (κ2) is 10.6. The third-order valence-electron chi connectivity index (χ3n) is 5.38. The lowest BCUT2D eigenvalue weighted by Crippen LogP contribution is -2.30. The lowest BCUT2D eigenvalue weighted by Gasteiger charge is -2.19. The molecule has 4 rings (SSSR count). The van der Waals surface area contributed by atoms with Crippen molar-refractivity contribution in [3.8, 4) is 11.5 Å². The Labute approximate surface area is 204 Å². The summed E-state index contributed by atoms with van der Waals surface area (Å²) >= 11 is 6.47. The van der Waals surface area contributed by atoms with Gasteiger partial charge in [0.2, 0.25) is 0 Å². The number of halogens is 1. The second-order valence-electron chi connectivity index (χ2n) is 8.55. The topological polar surface area (TPSA) is 76.2 Å². The molecule has 7 heteroatoms. The van der Waals surface area contributed by atoms with Crippen molar-refractivity contribution in [3.05, 3.63) is 88.7 Å². The van der Waals surface area contributed by atoms with Crippen molar-refractivity contribution in [1.82, 2.24) is 15.3 Å². The van der Waals surface area contributed by atoms with Gasteiger partial charge in [0.25, 0.3) is 5.91 Å². The molecule has 2 N–H and O–H groups in total. The molecule has 1 unspecified atom stereocenters. The van der Waals surface area contributed by atoms with Gasteiger partial charge >= 0.3 is 0 Å². The van der Waals surface area contributed by atoms with Crippen LogP contribution in [0, 0.1) is 5.92 Å². The minimum atomic E-state index is -0.371. The highest BCUT2D eigenvalue weighted by Gasteiger charge is 2.22. The summed E-state index contributed by atoms with van der Waals surface area (Å²) in [6.45, 7) is 4.59. The number of nitrogens with one attached hydrogen (secondary N) is 2. The maximum absolute atomic E-state index is 13.3. The monoisotopic (exact) mass is 477 g/mol. The predicted molar refractivity (Wildman–Crippen MR) is 135 cm³/mol. The lowest BCUT2D eigenvalue weighted by molar-refractivity contribution is 0.0934. The van der Waals surface area contributed by atoms with E-state index >= 15 is 0 Å². The van der Waals surface area contributed by atoms with Crippen molar-refractivity contribution in [1.29, 1.82) is 0 Å². The third kappa shape index (κ3) is 5.51. The van der Waals surface area contributed by atoms with Crippen molar-refractivity contribution in [2.75, 3.05) is 13.7 Å². The quantitative estimate of drug-likeness (QED) is 0.311. The Kier molecular flexibility index (Phi) is 7.38. The highest BCUT2D eigenvalue weighted by atomic mass is 35.5. The Morgan fingerprint density at radius 2 is 1.82 bits per heavy atom. The molecule has 0 saturated carbocycles. The molecule has 4 aromatic rings. The van der Waals surface area contributed by atoms with Crippen LogP contribution in [0.25, 0.3) is 11.0 Å². The maximum Gasteiger partial charge on any atom is 0.252 e. The van der Waals surface area contributed by atoms with Crippen LogP contribution >= 0.6 is 11.6 Å². The van der Waals surface area contributed by atoms with Gasteiger partial charge in [0, 0.05) is 5.56 Å². The fraction of sp³-hybridized carbons (Fsp3) is 0.259. The van der Waals surface area contributed by atoms with E-state index in [9.17, 15) is 4.79 Å². The summed E-state index contributed by atoms with van der Waals surface area (Å²) in [6.07, 6.45) is 0.576. The van der Waals surface area contributed by atoms with Crippen LogP contribution in [0.15, 0.2) is 66.7 Å². The number of fused-ring (bicyclic) bond motifs is 1. The summed E-state index contributed by atoms with van der Waals surface area (Å²) in [5.41, 5.74) is 3.23. The zero-order valence-electron chi connectivity index (χ0n) is 19.5. The average Bonchev–Trinajstić information content (AvgIpc) is 3.27. The fourth-order valence-electron chi connectivity index (χ4n) is 3.69. The molecule has 3 aromatic carbocycles. The van der Waals surface area contributed by atoms with Crippen LogP contribution in [0.1, 0.15) is 41.6 Å². The number of imidazole rings is 1. The zero-order valence-corrected chi connectivity index (χ0v) is 20.2. The van der Waals surface area contributed by atoms with Gasteiger partial charge < -0.3 is 19.8 Å². The minimum absolute atomic E-state index is 0.281. The molecular weight excluding hydrogens is 450 g/mol. The smallest absolute Gasteiger partial charge is 0.252 e. The molecule has 1 amide bonds. The Bertz CT molecular complexity index is 1240. The van der Waals surface area contributed by atoms with Crippen molar-refractivity contribution < 1.29 is 14.3 Å². The van der Waals surface area contributed by atoms with Gasteiger partial charge in [0.15, 0.2) is 11.5 Å². The average molecular weight is 478 g/mol. The second-order valence-corrected chi connectivity index (χ2v) is 8.96. The third-order valence-corrected chi connectivity index (χ3v) is 5.66. The summed E-state index contributed by atoms with van der Waals surface area (Å²) in [7, 11) is 1.53. The molecule has 176 valence electrons. The highest BCUT2D eigenvalue weighted by Crippen LogP contribution is 2.37. The number of amides is 1. The van der Waals surface area contributed by atoms with Crippen LogP contribution < -0.4 is 14.8 Å². The van der Waals surface area contributed by atoms with Crippen molar-refractivity contribution in [3.63, 3.8) is 0 Å². The number of aromatic amines is 1. The van der Waals surface area contributed by atoms with Crippen LogP contribution in [-0.4, -0.2) is 29.6 Å². The molecule has 0 bridgehead atoms. The molecule has 34 heavy (non-hydrogen) atoms. The van der Waals surface area contributed by atoms with E-state index in [4.69, 9.17) is 26.1 Å². The first-order valence-corrected chi connectivity index (χ1v) is 11.6. The first-order valence-electron chi connectivity index (χ1n) is 11.2. The van der Waals surface area contributed by atoms with E-state index in [1.165, 1.54) is 7.11 Å². The Balaban J connectivity index is 1.63. The number of aromatic nitrogens is 2. The van der Waals surface area contributed by atoms with E-state index in [1.807, 2.05) is 68.4 Å². The van der Waals surface area contributed by atoms with Crippen LogP contribution in [0.3, 0.4) is 0 Å². The molecule has 0 fully saturated rings. The van der Waals surface area contributed by atoms with Gasteiger partial charge in [0.05, 0.1) is 35.8 Å². The Morgan fingerprint density at radius 3 is 2.53 bits per heavy atom. The highest BCUT2D eigenvalue weighted by molar-refractivity contribution is 6.32. The van der Waals surface area contributed by atoms with Gasteiger partial charge in [-0.3, -0.25) is 4.79 Å². The molecule has 6 nitrogen and oxygen atoms in total. The molecule has 1 atom stereocenters. The maximum atomic E-state index is 13.3. The summed E-state index contributed by atoms with van der Waals surface area (Å²) < 4.78 is 11.3. The van der Waals surface area contributed by atoms with Gasteiger partial charge in [-0.1, -0.05) is 67.9 Å². The number of carbonyl (C=O) groups is 1. The number of ether oxygens (including phenoxy) is 2. The van der Waals surface area contributed by atoms with Gasteiger partial charge in [-0.25, -0.2) is 4.98 Å². The van der Waals surface area contributed by atoms with Gasteiger partial charge in [-0.15, -0.1) is 0 Å². The first kappa shape index (κ1) is 23.6. The van der Waals surface area contributed by atoms with Crippen LogP contribution in [0.4, 0.5) is 0 Å². The Hall–Kier alpha value is -3.51.